The molecule has 1 aliphatic rings. The molecule has 6 nitrogen and oxygen atoms in total. The number of nitrogens with one attached hydrogen (secondary N) is 1. The standard InChI is InChI=1S/C25H30FN3O3S/c1-27-18-20-16-25(23-10-3-4-11-24(23)26)29(19-20)33(30,31)22-9-7-8-21(17-22)32-15-14-28-12-5-2-6-13-28/h3-4,7-11,16-17,19,27H,2,5-6,12-15,18H2,1H3. The van der Waals surface area contributed by atoms with Crippen molar-refractivity contribution in [1.29, 1.82) is 0 Å². The predicted molar refractivity (Wildman–Crippen MR) is 127 cm³/mol. The van der Waals surface area contributed by atoms with Gasteiger partial charge in [-0.3, -0.25) is 4.90 Å². The molecule has 8 heteroatoms. The summed E-state index contributed by atoms with van der Waals surface area (Å²) in [5, 5.41) is 3.02. The molecular formula is C25H30FN3O3S. The van der Waals surface area contributed by atoms with Crippen LogP contribution in [-0.2, 0) is 16.6 Å². The van der Waals surface area contributed by atoms with Crippen LogP contribution < -0.4 is 10.1 Å². The molecule has 0 radical (unpaired) electrons. The van der Waals surface area contributed by atoms with Crippen molar-refractivity contribution in [3.8, 4) is 17.0 Å². The van der Waals surface area contributed by atoms with Gasteiger partial charge in [0.25, 0.3) is 10.0 Å². The Morgan fingerprint density at radius 1 is 1.03 bits per heavy atom. The Morgan fingerprint density at radius 2 is 1.82 bits per heavy atom. The highest BCUT2D eigenvalue weighted by Gasteiger charge is 2.23. The molecule has 0 saturated carbocycles. The molecule has 0 atom stereocenters. The molecule has 3 aromatic rings. The number of piperidine rings is 1. The van der Waals surface area contributed by atoms with Crippen LogP contribution in [0, 0.1) is 5.82 Å². The largest absolute Gasteiger partial charge is 0.492 e. The summed E-state index contributed by atoms with van der Waals surface area (Å²) in [7, 11) is -2.19. The Balaban J connectivity index is 1.60. The molecule has 1 saturated heterocycles. The maximum Gasteiger partial charge on any atom is 0.268 e. The Labute approximate surface area is 195 Å². The molecule has 1 aliphatic heterocycles. The van der Waals surface area contributed by atoms with Gasteiger partial charge in [0.15, 0.2) is 0 Å². The zero-order chi connectivity index (χ0) is 23.3. The fourth-order valence-electron chi connectivity index (χ4n) is 4.18. The molecule has 0 spiro atoms. The van der Waals surface area contributed by atoms with Crippen LogP contribution in [0.3, 0.4) is 0 Å². The molecule has 33 heavy (non-hydrogen) atoms. The van der Waals surface area contributed by atoms with E-state index in [4.69, 9.17) is 4.74 Å². The average Bonchev–Trinajstić information content (AvgIpc) is 3.25. The van der Waals surface area contributed by atoms with E-state index in [9.17, 15) is 12.8 Å². The SMILES string of the molecule is CNCc1cc(-c2ccccc2F)n(S(=O)(=O)c2cccc(OCCN3CCCCC3)c2)c1. The van der Waals surface area contributed by atoms with Crippen molar-refractivity contribution < 1.29 is 17.5 Å². The van der Waals surface area contributed by atoms with Gasteiger partial charge in [0.2, 0.25) is 0 Å². The monoisotopic (exact) mass is 471 g/mol. The lowest BCUT2D eigenvalue weighted by Crippen LogP contribution is -2.33. The highest BCUT2D eigenvalue weighted by Crippen LogP contribution is 2.30. The second-order valence-corrected chi connectivity index (χ2v) is 10.1. The van der Waals surface area contributed by atoms with Gasteiger partial charge in [-0.05, 0) is 68.9 Å². The molecule has 1 aromatic heterocycles. The van der Waals surface area contributed by atoms with E-state index in [1.165, 1.54) is 43.7 Å². The minimum Gasteiger partial charge on any atom is -0.492 e. The van der Waals surface area contributed by atoms with Crippen LogP contribution >= 0.6 is 0 Å². The Kier molecular flexibility index (Phi) is 7.47. The summed E-state index contributed by atoms with van der Waals surface area (Å²) in [5.41, 5.74) is 1.26. The fourth-order valence-corrected chi connectivity index (χ4v) is 5.60. The first-order valence-corrected chi connectivity index (χ1v) is 12.7. The van der Waals surface area contributed by atoms with Crippen molar-refractivity contribution in [2.75, 3.05) is 33.3 Å². The quantitative estimate of drug-likeness (QED) is 0.509. The summed E-state index contributed by atoms with van der Waals surface area (Å²) >= 11 is 0. The maximum absolute atomic E-state index is 14.6. The van der Waals surface area contributed by atoms with Crippen molar-refractivity contribution in [1.82, 2.24) is 14.2 Å². The highest BCUT2D eigenvalue weighted by molar-refractivity contribution is 7.90. The van der Waals surface area contributed by atoms with Crippen LogP contribution in [0.25, 0.3) is 11.3 Å². The number of rotatable bonds is 9. The van der Waals surface area contributed by atoms with Crippen molar-refractivity contribution in [2.24, 2.45) is 0 Å². The van der Waals surface area contributed by atoms with Gasteiger partial charge in [-0.1, -0.05) is 24.6 Å². The van der Waals surface area contributed by atoms with Crippen LogP contribution in [0.2, 0.25) is 0 Å². The molecular weight excluding hydrogens is 441 g/mol. The van der Waals surface area contributed by atoms with Crippen molar-refractivity contribution in [3.05, 3.63) is 72.2 Å². The third-order valence-electron chi connectivity index (χ3n) is 5.86. The highest BCUT2D eigenvalue weighted by atomic mass is 32.2. The number of halogens is 1. The molecule has 176 valence electrons. The molecule has 0 aliphatic carbocycles. The summed E-state index contributed by atoms with van der Waals surface area (Å²) in [6.45, 7) is 3.95. The van der Waals surface area contributed by atoms with Crippen molar-refractivity contribution in [3.63, 3.8) is 0 Å². The molecule has 0 bridgehead atoms. The number of aromatic nitrogens is 1. The van der Waals surface area contributed by atoms with E-state index >= 15 is 0 Å². The minimum atomic E-state index is -3.97. The number of benzene rings is 2. The Bertz CT molecular complexity index is 1190. The van der Waals surface area contributed by atoms with Gasteiger partial charge in [0, 0.05) is 30.9 Å². The zero-order valence-corrected chi connectivity index (χ0v) is 19.7. The van der Waals surface area contributed by atoms with E-state index in [0.29, 0.717) is 18.9 Å². The molecule has 1 N–H and O–H groups in total. The fraction of sp³-hybridized carbons (Fsp3) is 0.360. The van der Waals surface area contributed by atoms with Crippen LogP contribution in [0.5, 0.6) is 5.75 Å². The summed E-state index contributed by atoms with van der Waals surface area (Å²) in [4.78, 5) is 2.47. The summed E-state index contributed by atoms with van der Waals surface area (Å²) in [6.07, 6.45) is 5.24. The molecule has 0 unspecified atom stereocenters. The lowest BCUT2D eigenvalue weighted by Gasteiger charge is -2.26. The van der Waals surface area contributed by atoms with Gasteiger partial charge in [-0.15, -0.1) is 0 Å². The normalized spacial score (nSPS) is 15.0. The summed E-state index contributed by atoms with van der Waals surface area (Å²) in [6, 6.07) is 14.4. The molecule has 2 heterocycles. The number of hydrogen-bond donors (Lipinski definition) is 1. The first-order chi connectivity index (χ1) is 16.0. The lowest BCUT2D eigenvalue weighted by molar-refractivity contribution is 0.183. The topological polar surface area (TPSA) is 63.6 Å². The second-order valence-electron chi connectivity index (χ2n) is 8.27. The van der Waals surface area contributed by atoms with Gasteiger partial charge in [0.05, 0.1) is 10.6 Å². The van der Waals surface area contributed by atoms with E-state index in [2.05, 4.69) is 10.2 Å². The minimum absolute atomic E-state index is 0.0992. The maximum atomic E-state index is 14.6. The van der Waals surface area contributed by atoms with Crippen molar-refractivity contribution in [2.45, 2.75) is 30.7 Å². The van der Waals surface area contributed by atoms with E-state index in [1.54, 1.807) is 43.4 Å². The van der Waals surface area contributed by atoms with E-state index in [0.717, 1.165) is 29.2 Å². The van der Waals surface area contributed by atoms with E-state index in [1.807, 2.05) is 0 Å². The van der Waals surface area contributed by atoms with Crippen LogP contribution in [-0.4, -0.2) is 50.6 Å². The van der Waals surface area contributed by atoms with E-state index < -0.39 is 15.8 Å². The number of hydrogen-bond acceptors (Lipinski definition) is 5. The van der Waals surface area contributed by atoms with Gasteiger partial charge >= 0.3 is 0 Å². The number of ether oxygens (including phenoxy) is 1. The summed E-state index contributed by atoms with van der Waals surface area (Å²) in [5.74, 6) is 0.0287. The third kappa shape index (κ3) is 5.46. The van der Waals surface area contributed by atoms with Gasteiger partial charge in [0.1, 0.15) is 18.2 Å². The van der Waals surface area contributed by atoms with Crippen LogP contribution in [0.4, 0.5) is 4.39 Å². The number of nitrogens with zero attached hydrogens (tertiary/aromatic N) is 2. The molecule has 4 rings (SSSR count). The predicted octanol–water partition coefficient (Wildman–Crippen LogP) is 4.12. The third-order valence-corrected chi connectivity index (χ3v) is 7.53. The average molecular weight is 472 g/mol. The molecule has 1 fully saturated rings. The Morgan fingerprint density at radius 3 is 2.58 bits per heavy atom. The van der Waals surface area contributed by atoms with Gasteiger partial charge in [-0.2, -0.15) is 0 Å². The first kappa shape index (κ1) is 23.5. The number of likely N-dealkylation sites (tertiary alicyclic amines) is 1. The van der Waals surface area contributed by atoms with Crippen LogP contribution in [0.15, 0.2) is 65.7 Å². The molecule has 0 amide bonds. The Hall–Kier alpha value is -2.68. The zero-order valence-electron chi connectivity index (χ0n) is 18.8. The lowest BCUT2D eigenvalue weighted by atomic mass is 10.1. The summed E-state index contributed by atoms with van der Waals surface area (Å²) < 4.78 is 48.8. The van der Waals surface area contributed by atoms with Gasteiger partial charge < -0.3 is 10.1 Å². The molecule has 2 aromatic carbocycles. The van der Waals surface area contributed by atoms with E-state index in [-0.39, 0.29) is 16.2 Å². The van der Waals surface area contributed by atoms with Gasteiger partial charge in [-0.25, -0.2) is 16.8 Å². The second kappa shape index (κ2) is 10.5. The van der Waals surface area contributed by atoms with Crippen LogP contribution in [0.1, 0.15) is 24.8 Å². The smallest absolute Gasteiger partial charge is 0.268 e. The first-order valence-electron chi connectivity index (χ1n) is 11.3. The van der Waals surface area contributed by atoms with Crippen molar-refractivity contribution >= 4 is 10.0 Å².